The standard InChI is InChI=1S/C16H26O5/c1-4-11-10(17)5-6-12-13(19-11)7-8-14-15(20-12)9-18-16(2,3)21-14/h4,10-15,17H,1,5-9H2,2-3H3/t10-,11+,12+,13-,14+,15-/m1/s1. The van der Waals surface area contributed by atoms with Gasteiger partial charge in [0, 0.05) is 0 Å². The fourth-order valence-electron chi connectivity index (χ4n) is 3.48. The van der Waals surface area contributed by atoms with Gasteiger partial charge >= 0.3 is 0 Å². The van der Waals surface area contributed by atoms with Crippen LogP contribution in [0.15, 0.2) is 12.7 Å². The molecule has 0 amide bonds. The molecule has 6 atom stereocenters. The van der Waals surface area contributed by atoms with Crippen LogP contribution in [0.1, 0.15) is 39.5 Å². The van der Waals surface area contributed by atoms with Crippen molar-refractivity contribution in [3.63, 3.8) is 0 Å². The first-order valence-corrected chi connectivity index (χ1v) is 7.92. The predicted octanol–water partition coefficient (Wildman–Crippen LogP) is 1.78. The van der Waals surface area contributed by atoms with Crippen LogP contribution in [0.3, 0.4) is 0 Å². The van der Waals surface area contributed by atoms with Crippen LogP contribution in [-0.4, -0.2) is 54.1 Å². The van der Waals surface area contributed by atoms with Crippen LogP contribution in [-0.2, 0) is 18.9 Å². The first-order chi connectivity index (χ1) is 9.98. The minimum absolute atomic E-state index is 0.00647. The molecule has 1 N–H and O–H groups in total. The normalized spacial score (nSPS) is 46.6. The van der Waals surface area contributed by atoms with E-state index in [0.29, 0.717) is 13.0 Å². The zero-order valence-corrected chi connectivity index (χ0v) is 12.9. The highest BCUT2D eigenvalue weighted by Gasteiger charge is 2.44. The zero-order chi connectivity index (χ0) is 15.0. The summed E-state index contributed by atoms with van der Waals surface area (Å²) in [7, 11) is 0. The SMILES string of the molecule is C=C[C@@H]1O[C@@H]2CC[C@@H]3OC(C)(C)OC[C@H]3O[C@H]2CC[C@H]1O. The summed E-state index contributed by atoms with van der Waals surface area (Å²) in [5.74, 6) is -0.544. The molecule has 0 bridgehead atoms. The molecule has 0 saturated carbocycles. The second-order valence-corrected chi connectivity index (χ2v) is 6.68. The molecule has 0 aromatic carbocycles. The van der Waals surface area contributed by atoms with E-state index >= 15 is 0 Å². The minimum atomic E-state index is -0.544. The van der Waals surface area contributed by atoms with Crippen molar-refractivity contribution in [3.05, 3.63) is 12.7 Å². The van der Waals surface area contributed by atoms with Crippen molar-refractivity contribution in [2.24, 2.45) is 0 Å². The summed E-state index contributed by atoms with van der Waals surface area (Å²) >= 11 is 0. The number of aliphatic hydroxyl groups is 1. The van der Waals surface area contributed by atoms with E-state index in [-0.39, 0.29) is 30.5 Å². The molecule has 120 valence electrons. The second-order valence-electron chi connectivity index (χ2n) is 6.68. The van der Waals surface area contributed by atoms with E-state index < -0.39 is 11.9 Å². The van der Waals surface area contributed by atoms with Crippen LogP contribution in [0.2, 0.25) is 0 Å². The molecule has 21 heavy (non-hydrogen) atoms. The van der Waals surface area contributed by atoms with Crippen molar-refractivity contribution in [2.75, 3.05) is 6.61 Å². The smallest absolute Gasteiger partial charge is 0.163 e. The van der Waals surface area contributed by atoms with Crippen molar-refractivity contribution in [2.45, 2.75) is 81.9 Å². The van der Waals surface area contributed by atoms with Gasteiger partial charge in [-0.15, -0.1) is 6.58 Å². The Kier molecular flexibility index (Phi) is 4.39. The molecule has 0 aliphatic carbocycles. The highest BCUT2D eigenvalue weighted by molar-refractivity contribution is 4.94. The third kappa shape index (κ3) is 3.32. The van der Waals surface area contributed by atoms with E-state index in [9.17, 15) is 5.11 Å². The number of hydrogen-bond donors (Lipinski definition) is 1. The first-order valence-electron chi connectivity index (χ1n) is 7.92. The molecule has 3 rings (SSSR count). The maximum Gasteiger partial charge on any atom is 0.163 e. The Labute approximate surface area is 126 Å². The van der Waals surface area contributed by atoms with Crippen LogP contribution < -0.4 is 0 Å². The average Bonchev–Trinajstić information content (AvgIpc) is 2.69. The Balaban J connectivity index is 1.71. The summed E-state index contributed by atoms with van der Waals surface area (Å²) < 4.78 is 23.9. The van der Waals surface area contributed by atoms with Gasteiger partial charge in [0.25, 0.3) is 0 Å². The van der Waals surface area contributed by atoms with Gasteiger partial charge in [-0.1, -0.05) is 6.08 Å². The molecule has 0 unspecified atom stereocenters. The summed E-state index contributed by atoms with van der Waals surface area (Å²) in [6.45, 7) is 8.18. The summed E-state index contributed by atoms with van der Waals surface area (Å²) in [6.07, 6.45) is 4.10. The molecular weight excluding hydrogens is 272 g/mol. The average molecular weight is 298 g/mol. The maximum absolute atomic E-state index is 10.1. The van der Waals surface area contributed by atoms with Crippen molar-refractivity contribution < 1.29 is 24.1 Å². The molecule has 0 radical (unpaired) electrons. The second kappa shape index (κ2) is 5.97. The molecule has 0 spiro atoms. The fraction of sp³-hybridized carbons (Fsp3) is 0.875. The molecule has 3 fully saturated rings. The highest BCUT2D eigenvalue weighted by atomic mass is 16.7. The van der Waals surface area contributed by atoms with Gasteiger partial charge in [0.05, 0.1) is 31.0 Å². The van der Waals surface area contributed by atoms with Gasteiger partial charge in [0.1, 0.15) is 12.2 Å². The highest BCUT2D eigenvalue weighted by Crippen LogP contribution is 2.35. The third-order valence-electron chi connectivity index (χ3n) is 4.64. The van der Waals surface area contributed by atoms with E-state index in [2.05, 4.69) is 6.58 Å². The fourth-order valence-corrected chi connectivity index (χ4v) is 3.48. The quantitative estimate of drug-likeness (QED) is 0.748. The molecule has 5 heteroatoms. The lowest BCUT2D eigenvalue weighted by Crippen LogP contribution is -2.49. The van der Waals surface area contributed by atoms with Crippen LogP contribution >= 0.6 is 0 Å². The Morgan fingerprint density at radius 2 is 1.67 bits per heavy atom. The first kappa shape index (κ1) is 15.4. The van der Waals surface area contributed by atoms with Crippen LogP contribution in [0.25, 0.3) is 0 Å². The van der Waals surface area contributed by atoms with E-state index in [4.69, 9.17) is 18.9 Å². The topological polar surface area (TPSA) is 57.2 Å². The summed E-state index contributed by atoms with van der Waals surface area (Å²) in [5, 5.41) is 10.1. The molecule has 3 aliphatic heterocycles. The van der Waals surface area contributed by atoms with Crippen molar-refractivity contribution in [1.82, 2.24) is 0 Å². The molecule has 3 aliphatic rings. The number of aliphatic hydroxyl groups excluding tert-OH is 1. The Morgan fingerprint density at radius 3 is 2.43 bits per heavy atom. The van der Waals surface area contributed by atoms with Gasteiger partial charge in [-0.2, -0.15) is 0 Å². The molecule has 0 aromatic rings. The lowest BCUT2D eigenvalue weighted by atomic mass is 10.0. The van der Waals surface area contributed by atoms with Crippen LogP contribution in [0, 0.1) is 0 Å². The van der Waals surface area contributed by atoms with Gasteiger partial charge in [0.2, 0.25) is 0 Å². The Bertz CT molecular complexity index is 383. The minimum Gasteiger partial charge on any atom is -0.390 e. The Hall–Kier alpha value is -0.460. The molecular formula is C16H26O5. The third-order valence-corrected chi connectivity index (χ3v) is 4.64. The van der Waals surface area contributed by atoms with E-state index in [1.54, 1.807) is 6.08 Å². The summed E-state index contributed by atoms with van der Waals surface area (Å²) in [4.78, 5) is 0. The lowest BCUT2D eigenvalue weighted by molar-refractivity contribution is -0.313. The molecule has 0 aromatic heterocycles. The molecule has 5 nitrogen and oxygen atoms in total. The lowest BCUT2D eigenvalue weighted by Gasteiger charge is -2.40. The van der Waals surface area contributed by atoms with Crippen molar-refractivity contribution in [3.8, 4) is 0 Å². The predicted molar refractivity (Wildman–Crippen MR) is 76.9 cm³/mol. The summed E-state index contributed by atoms with van der Waals surface area (Å²) in [6, 6.07) is 0. The van der Waals surface area contributed by atoms with Gasteiger partial charge in [-0.25, -0.2) is 0 Å². The van der Waals surface area contributed by atoms with E-state index in [1.807, 2.05) is 13.8 Å². The molecule has 3 heterocycles. The zero-order valence-electron chi connectivity index (χ0n) is 12.9. The number of rotatable bonds is 1. The number of hydrogen-bond acceptors (Lipinski definition) is 5. The van der Waals surface area contributed by atoms with Crippen LogP contribution in [0.5, 0.6) is 0 Å². The maximum atomic E-state index is 10.1. The summed E-state index contributed by atoms with van der Waals surface area (Å²) in [5.41, 5.74) is 0. The van der Waals surface area contributed by atoms with Gasteiger partial charge in [-0.05, 0) is 39.5 Å². The number of fused-ring (bicyclic) bond motifs is 2. The monoisotopic (exact) mass is 298 g/mol. The van der Waals surface area contributed by atoms with E-state index in [0.717, 1.165) is 19.3 Å². The largest absolute Gasteiger partial charge is 0.390 e. The van der Waals surface area contributed by atoms with Gasteiger partial charge in [0.15, 0.2) is 5.79 Å². The van der Waals surface area contributed by atoms with Crippen molar-refractivity contribution >= 4 is 0 Å². The van der Waals surface area contributed by atoms with Gasteiger partial charge in [-0.3, -0.25) is 0 Å². The van der Waals surface area contributed by atoms with Crippen molar-refractivity contribution in [1.29, 1.82) is 0 Å². The van der Waals surface area contributed by atoms with Crippen LogP contribution in [0.4, 0.5) is 0 Å². The number of ether oxygens (including phenoxy) is 4. The van der Waals surface area contributed by atoms with Gasteiger partial charge < -0.3 is 24.1 Å². The van der Waals surface area contributed by atoms with E-state index in [1.165, 1.54) is 0 Å². The molecule has 3 saturated heterocycles. The Morgan fingerprint density at radius 1 is 1.00 bits per heavy atom.